The number of amidine groups is 1. The summed E-state index contributed by atoms with van der Waals surface area (Å²) in [7, 11) is 0. The third-order valence-corrected chi connectivity index (χ3v) is 3.54. The number of hydrogen-bond donors (Lipinski definition) is 1. The van der Waals surface area contributed by atoms with Crippen LogP contribution < -0.4 is 10.6 Å². The van der Waals surface area contributed by atoms with Crippen molar-refractivity contribution in [2.45, 2.75) is 6.18 Å². The highest BCUT2D eigenvalue weighted by Gasteiger charge is 2.34. The predicted molar refractivity (Wildman–Crippen MR) is 78.4 cm³/mol. The van der Waals surface area contributed by atoms with E-state index in [1.807, 2.05) is 0 Å². The molecule has 114 valence electrons. The quantitative estimate of drug-likeness (QED) is 0.871. The van der Waals surface area contributed by atoms with Gasteiger partial charge < -0.3 is 10.6 Å². The number of aliphatic imine (C=N–C) groups is 1. The average molecular weight is 327 g/mol. The van der Waals surface area contributed by atoms with E-state index >= 15 is 0 Å². The first-order valence-corrected chi connectivity index (χ1v) is 6.66. The highest BCUT2D eigenvalue weighted by atomic mass is 35.5. The minimum atomic E-state index is -4.54. The Hall–Kier alpha value is -2.28. The van der Waals surface area contributed by atoms with Gasteiger partial charge in [0.1, 0.15) is 24.0 Å². The summed E-state index contributed by atoms with van der Waals surface area (Å²) >= 11 is 6.12. The lowest BCUT2D eigenvalue weighted by atomic mass is 10.1. The van der Waals surface area contributed by atoms with Gasteiger partial charge in [-0.15, -0.1) is 0 Å². The van der Waals surface area contributed by atoms with Crippen molar-refractivity contribution in [1.29, 1.82) is 0 Å². The second-order valence-corrected chi connectivity index (χ2v) is 5.04. The summed E-state index contributed by atoms with van der Waals surface area (Å²) in [5.74, 6) is 0.245. The Bertz CT molecular complexity index is 758. The molecule has 0 fully saturated rings. The van der Waals surface area contributed by atoms with Crippen LogP contribution in [0, 0.1) is 0 Å². The minimum absolute atomic E-state index is 0.0525. The number of aromatic nitrogens is 1. The Morgan fingerprint density at radius 3 is 2.55 bits per heavy atom. The molecule has 0 bridgehead atoms. The molecule has 2 aromatic rings. The Morgan fingerprint density at radius 1 is 1.14 bits per heavy atom. The molecule has 0 amide bonds. The first kappa shape index (κ1) is 14.6. The van der Waals surface area contributed by atoms with Gasteiger partial charge >= 0.3 is 6.18 Å². The van der Waals surface area contributed by atoms with Crippen molar-refractivity contribution in [2.24, 2.45) is 10.7 Å². The normalized spacial score (nSPS) is 14.5. The molecule has 2 heterocycles. The maximum atomic E-state index is 12.9. The van der Waals surface area contributed by atoms with E-state index in [1.54, 1.807) is 24.3 Å². The Morgan fingerprint density at radius 2 is 1.86 bits per heavy atom. The molecule has 0 aliphatic carbocycles. The van der Waals surface area contributed by atoms with E-state index in [4.69, 9.17) is 17.3 Å². The summed E-state index contributed by atoms with van der Waals surface area (Å²) in [6.45, 7) is 0.0525. The second-order valence-electron chi connectivity index (χ2n) is 4.63. The maximum absolute atomic E-state index is 12.9. The van der Waals surface area contributed by atoms with Crippen LogP contribution in [0.15, 0.2) is 41.4 Å². The number of alkyl halides is 3. The summed E-state index contributed by atoms with van der Waals surface area (Å²) in [5, 5.41) is 0.392. The summed E-state index contributed by atoms with van der Waals surface area (Å²) in [6.07, 6.45) is -4.54. The maximum Gasteiger partial charge on any atom is 0.433 e. The fourth-order valence-electron chi connectivity index (χ4n) is 2.17. The van der Waals surface area contributed by atoms with Gasteiger partial charge in [0.25, 0.3) is 0 Å². The Balaban J connectivity index is 2.17. The summed E-state index contributed by atoms with van der Waals surface area (Å²) < 4.78 is 38.7. The molecule has 4 nitrogen and oxygen atoms in total. The zero-order valence-corrected chi connectivity index (χ0v) is 11.9. The van der Waals surface area contributed by atoms with E-state index < -0.39 is 11.9 Å². The molecule has 3 rings (SSSR count). The van der Waals surface area contributed by atoms with E-state index in [-0.39, 0.29) is 18.3 Å². The van der Waals surface area contributed by atoms with Gasteiger partial charge in [0.15, 0.2) is 0 Å². The molecule has 22 heavy (non-hydrogen) atoms. The standard InChI is InChI=1S/C14H10ClF3N4/c15-9-3-1-2-4-10(9)22-7-20-12(19)8-5-6-11(14(16,17)18)21-13(8)22/h1-6H,7H2,(H2,19,20). The van der Waals surface area contributed by atoms with Gasteiger partial charge in [0.05, 0.1) is 16.3 Å². The monoisotopic (exact) mass is 326 g/mol. The molecule has 1 aliphatic heterocycles. The number of hydrogen-bond acceptors (Lipinski definition) is 4. The predicted octanol–water partition coefficient (Wildman–Crippen LogP) is 3.57. The molecule has 0 radical (unpaired) electrons. The molecule has 0 unspecified atom stereocenters. The van der Waals surface area contributed by atoms with Gasteiger partial charge in [-0.3, -0.25) is 0 Å². The molecular formula is C14H10ClF3N4. The van der Waals surface area contributed by atoms with Crippen LogP contribution in [0.25, 0.3) is 0 Å². The van der Waals surface area contributed by atoms with E-state index in [9.17, 15) is 13.2 Å². The lowest BCUT2D eigenvalue weighted by Crippen LogP contribution is -2.31. The first-order chi connectivity index (χ1) is 10.4. The van der Waals surface area contributed by atoms with Gasteiger partial charge in [-0.05, 0) is 24.3 Å². The number of pyridine rings is 1. The van der Waals surface area contributed by atoms with Gasteiger partial charge in [-0.25, -0.2) is 9.98 Å². The first-order valence-electron chi connectivity index (χ1n) is 6.28. The molecular weight excluding hydrogens is 317 g/mol. The number of benzene rings is 1. The lowest BCUT2D eigenvalue weighted by molar-refractivity contribution is -0.141. The number of nitrogens with zero attached hydrogens (tertiary/aromatic N) is 3. The van der Waals surface area contributed by atoms with E-state index in [2.05, 4.69) is 9.98 Å². The number of fused-ring (bicyclic) bond motifs is 1. The van der Waals surface area contributed by atoms with Crippen molar-refractivity contribution < 1.29 is 13.2 Å². The van der Waals surface area contributed by atoms with Crippen LogP contribution in [0.3, 0.4) is 0 Å². The SMILES string of the molecule is NC1=NCN(c2ccccc2Cl)c2nc(C(F)(F)F)ccc21. The molecule has 0 spiro atoms. The van der Waals surface area contributed by atoms with Crippen molar-refractivity contribution in [3.8, 4) is 0 Å². The summed E-state index contributed by atoms with van der Waals surface area (Å²) in [4.78, 5) is 9.32. The van der Waals surface area contributed by atoms with Crippen molar-refractivity contribution in [3.05, 3.63) is 52.7 Å². The highest BCUT2D eigenvalue weighted by Crippen LogP contribution is 2.36. The van der Waals surface area contributed by atoms with Gasteiger partial charge in [0, 0.05) is 0 Å². The number of rotatable bonds is 1. The number of nitrogens with two attached hydrogens (primary N) is 1. The molecule has 2 N–H and O–H groups in total. The molecule has 0 atom stereocenters. The number of anilines is 2. The fourth-order valence-corrected chi connectivity index (χ4v) is 2.41. The van der Waals surface area contributed by atoms with Crippen molar-refractivity contribution in [1.82, 2.24) is 4.98 Å². The van der Waals surface area contributed by atoms with E-state index in [0.717, 1.165) is 6.07 Å². The van der Waals surface area contributed by atoms with Crippen molar-refractivity contribution in [3.63, 3.8) is 0 Å². The minimum Gasteiger partial charge on any atom is -0.383 e. The molecule has 1 aromatic heterocycles. The second kappa shape index (κ2) is 5.17. The van der Waals surface area contributed by atoms with Crippen LogP contribution in [0.1, 0.15) is 11.3 Å². The van der Waals surface area contributed by atoms with Crippen LogP contribution in [0.5, 0.6) is 0 Å². The number of halogens is 4. The third-order valence-electron chi connectivity index (χ3n) is 3.22. The lowest BCUT2D eigenvalue weighted by Gasteiger charge is -2.29. The molecule has 1 aliphatic rings. The molecule has 8 heteroatoms. The summed E-state index contributed by atoms with van der Waals surface area (Å²) in [5.41, 5.74) is 5.63. The topological polar surface area (TPSA) is 54.5 Å². The highest BCUT2D eigenvalue weighted by molar-refractivity contribution is 6.33. The smallest absolute Gasteiger partial charge is 0.383 e. The number of para-hydroxylation sites is 1. The van der Waals surface area contributed by atoms with Crippen molar-refractivity contribution >= 4 is 28.9 Å². The van der Waals surface area contributed by atoms with Crippen LogP contribution in [0.4, 0.5) is 24.7 Å². The van der Waals surface area contributed by atoms with Crippen LogP contribution in [0.2, 0.25) is 5.02 Å². The fraction of sp³-hybridized carbons (Fsp3) is 0.143. The molecule has 0 saturated carbocycles. The Labute approximate surface area is 129 Å². The van der Waals surface area contributed by atoms with Crippen LogP contribution >= 0.6 is 11.6 Å². The largest absolute Gasteiger partial charge is 0.433 e. The molecule has 1 aromatic carbocycles. The summed E-state index contributed by atoms with van der Waals surface area (Å²) in [6, 6.07) is 8.95. The molecule has 0 saturated heterocycles. The zero-order valence-electron chi connectivity index (χ0n) is 11.1. The van der Waals surface area contributed by atoms with Gasteiger partial charge in [0.2, 0.25) is 0 Å². The van der Waals surface area contributed by atoms with E-state index in [0.29, 0.717) is 16.3 Å². The van der Waals surface area contributed by atoms with Gasteiger partial charge in [-0.2, -0.15) is 13.2 Å². The van der Waals surface area contributed by atoms with Crippen molar-refractivity contribution in [2.75, 3.05) is 11.6 Å². The third kappa shape index (κ3) is 2.48. The average Bonchev–Trinajstić information content (AvgIpc) is 2.47. The zero-order chi connectivity index (χ0) is 15.9. The van der Waals surface area contributed by atoms with Crippen LogP contribution in [-0.2, 0) is 6.18 Å². The van der Waals surface area contributed by atoms with E-state index in [1.165, 1.54) is 11.0 Å². The van der Waals surface area contributed by atoms with Gasteiger partial charge in [-0.1, -0.05) is 23.7 Å². The van der Waals surface area contributed by atoms with Crippen LogP contribution in [-0.4, -0.2) is 17.5 Å². The Kier molecular flexibility index (Phi) is 3.44.